The summed E-state index contributed by atoms with van der Waals surface area (Å²) in [6, 6.07) is -0.298. The lowest BCUT2D eigenvalue weighted by atomic mass is 10.3. The summed E-state index contributed by atoms with van der Waals surface area (Å²) in [6.07, 6.45) is 0.639. The molecule has 0 bridgehead atoms. The minimum atomic E-state index is -4.31. The highest BCUT2D eigenvalue weighted by atomic mass is 31.2. The van der Waals surface area contributed by atoms with Gasteiger partial charge in [0, 0.05) is 6.04 Å². The molecule has 0 fully saturated rings. The quantitative estimate of drug-likeness (QED) is 0.508. The van der Waals surface area contributed by atoms with Crippen LogP contribution in [-0.4, -0.2) is 22.4 Å². The van der Waals surface area contributed by atoms with Gasteiger partial charge in [0.1, 0.15) is 0 Å². The number of nitrogens with two attached hydrogens (primary N) is 1. The molecule has 0 aliphatic heterocycles. The molecule has 0 aliphatic carbocycles. The second-order valence-corrected chi connectivity index (χ2v) is 3.19. The summed E-state index contributed by atoms with van der Waals surface area (Å²) in [6.45, 7) is 1.72. The Morgan fingerprint density at radius 2 is 2.20 bits per heavy atom. The van der Waals surface area contributed by atoms with Crippen molar-refractivity contribution in [2.75, 3.05) is 6.61 Å². The molecule has 1 atom stereocenters. The zero-order chi connectivity index (χ0) is 8.20. The molecule has 0 heterocycles. The van der Waals surface area contributed by atoms with Gasteiger partial charge in [-0.25, -0.2) is 4.57 Å². The number of phosphoric acid groups is 1. The van der Waals surface area contributed by atoms with Crippen molar-refractivity contribution in [3.8, 4) is 0 Å². The van der Waals surface area contributed by atoms with Gasteiger partial charge in [-0.15, -0.1) is 0 Å². The van der Waals surface area contributed by atoms with Gasteiger partial charge in [-0.2, -0.15) is 0 Å². The van der Waals surface area contributed by atoms with Crippen molar-refractivity contribution in [3.63, 3.8) is 0 Å². The van der Waals surface area contributed by atoms with E-state index in [1.54, 1.807) is 0 Å². The Bertz CT molecular complexity index is 133. The normalized spacial score (nSPS) is 15.2. The van der Waals surface area contributed by atoms with E-state index < -0.39 is 7.82 Å². The number of hydrogen-bond acceptors (Lipinski definition) is 3. The molecule has 1 unspecified atom stereocenters. The van der Waals surface area contributed by atoms with Crippen molar-refractivity contribution in [2.45, 2.75) is 19.4 Å². The summed E-state index contributed by atoms with van der Waals surface area (Å²) in [5.41, 5.74) is 5.31. The van der Waals surface area contributed by atoms with E-state index in [9.17, 15) is 4.57 Å². The molecule has 0 amide bonds. The van der Waals surface area contributed by atoms with Gasteiger partial charge in [0.2, 0.25) is 0 Å². The topological polar surface area (TPSA) is 92.8 Å². The van der Waals surface area contributed by atoms with E-state index in [4.69, 9.17) is 15.5 Å². The van der Waals surface area contributed by atoms with Crippen molar-refractivity contribution < 1.29 is 18.9 Å². The van der Waals surface area contributed by atoms with Crippen LogP contribution < -0.4 is 5.73 Å². The van der Waals surface area contributed by atoms with Gasteiger partial charge in [0.05, 0.1) is 6.61 Å². The van der Waals surface area contributed by atoms with E-state index in [-0.39, 0.29) is 12.6 Å². The molecule has 0 aromatic heterocycles. The summed E-state index contributed by atoms with van der Waals surface area (Å²) in [4.78, 5) is 16.4. The zero-order valence-electron chi connectivity index (χ0n) is 5.73. The molecule has 0 saturated carbocycles. The molecular formula is C4H12NO4P. The Morgan fingerprint density at radius 1 is 1.70 bits per heavy atom. The van der Waals surface area contributed by atoms with Crippen molar-refractivity contribution in [1.29, 1.82) is 0 Å². The number of hydrogen-bond donors (Lipinski definition) is 3. The molecule has 6 heteroatoms. The summed E-state index contributed by atoms with van der Waals surface area (Å²) in [5.74, 6) is 0. The predicted molar refractivity (Wildman–Crippen MR) is 36.3 cm³/mol. The smallest absolute Gasteiger partial charge is 0.326 e. The first-order chi connectivity index (χ1) is 4.45. The molecule has 4 N–H and O–H groups in total. The lowest BCUT2D eigenvalue weighted by molar-refractivity contribution is 0.185. The van der Waals surface area contributed by atoms with Gasteiger partial charge in [-0.3, -0.25) is 4.52 Å². The lowest BCUT2D eigenvalue weighted by Gasteiger charge is -2.09. The summed E-state index contributed by atoms with van der Waals surface area (Å²) in [5, 5.41) is 0. The van der Waals surface area contributed by atoms with Crippen LogP contribution in [0.4, 0.5) is 0 Å². The van der Waals surface area contributed by atoms with Crippen LogP contribution >= 0.6 is 7.82 Å². The first-order valence-corrected chi connectivity index (χ1v) is 4.44. The average molecular weight is 169 g/mol. The first kappa shape index (κ1) is 10.1. The highest BCUT2D eigenvalue weighted by molar-refractivity contribution is 7.46. The standard InChI is InChI=1S/C4H12NO4P/c1-2-4(5)3-9-10(6,7)8/h4H,2-3,5H2,1H3,(H2,6,7,8). The van der Waals surface area contributed by atoms with Crippen LogP contribution in [0.1, 0.15) is 13.3 Å². The van der Waals surface area contributed by atoms with Crippen molar-refractivity contribution in [2.24, 2.45) is 5.73 Å². The van der Waals surface area contributed by atoms with Crippen LogP contribution in [0.2, 0.25) is 0 Å². The van der Waals surface area contributed by atoms with Gasteiger partial charge >= 0.3 is 7.82 Å². The van der Waals surface area contributed by atoms with Gasteiger partial charge in [0.25, 0.3) is 0 Å². The van der Waals surface area contributed by atoms with Crippen molar-refractivity contribution in [3.05, 3.63) is 0 Å². The summed E-state index contributed by atoms with van der Waals surface area (Å²) < 4.78 is 14.2. The predicted octanol–water partition coefficient (Wildman–Crippen LogP) is -0.167. The highest BCUT2D eigenvalue weighted by Crippen LogP contribution is 2.35. The van der Waals surface area contributed by atoms with E-state index in [1.807, 2.05) is 6.92 Å². The molecule has 0 radical (unpaired) electrons. The molecule has 0 aliphatic rings. The zero-order valence-corrected chi connectivity index (χ0v) is 6.62. The minimum Gasteiger partial charge on any atom is -0.326 e. The third-order valence-corrected chi connectivity index (χ3v) is 1.47. The summed E-state index contributed by atoms with van der Waals surface area (Å²) in [7, 11) is -4.31. The Morgan fingerprint density at radius 3 is 2.50 bits per heavy atom. The molecule has 10 heavy (non-hydrogen) atoms. The largest absolute Gasteiger partial charge is 0.469 e. The molecule has 0 aromatic rings. The lowest BCUT2D eigenvalue weighted by Crippen LogP contribution is -2.24. The third-order valence-electron chi connectivity index (χ3n) is 0.981. The van der Waals surface area contributed by atoms with E-state index in [1.165, 1.54) is 0 Å². The van der Waals surface area contributed by atoms with Gasteiger partial charge in [0.15, 0.2) is 0 Å². The van der Waals surface area contributed by atoms with Gasteiger partial charge < -0.3 is 15.5 Å². The van der Waals surface area contributed by atoms with Gasteiger partial charge in [-0.05, 0) is 6.42 Å². The fraction of sp³-hybridized carbons (Fsp3) is 1.00. The third kappa shape index (κ3) is 6.19. The van der Waals surface area contributed by atoms with Crippen LogP contribution in [-0.2, 0) is 9.09 Å². The molecule has 0 spiro atoms. The Labute approximate surface area is 59.4 Å². The fourth-order valence-electron chi connectivity index (χ4n) is 0.311. The Kier molecular flexibility index (Phi) is 4.08. The van der Waals surface area contributed by atoms with Crippen molar-refractivity contribution in [1.82, 2.24) is 0 Å². The fourth-order valence-corrected chi connectivity index (χ4v) is 0.696. The molecule has 5 nitrogen and oxygen atoms in total. The monoisotopic (exact) mass is 169 g/mol. The van der Waals surface area contributed by atoms with E-state index >= 15 is 0 Å². The molecule has 0 rings (SSSR count). The Hall–Kier alpha value is 0.0700. The molecule has 0 aromatic carbocycles. The first-order valence-electron chi connectivity index (χ1n) is 2.91. The van der Waals surface area contributed by atoms with Gasteiger partial charge in [-0.1, -0.05) is 6.92 Å². The van der Waals surface area contributed by atoms with Crippen LogP contribution in [0.3, 0.4) is 0 Å². The second kappa shape index (κ2) is 4.05. The molecule has 62 valence electrons. The van der Waals surface area contributed by atoms with Crippen LogP contribution in [0.15, 0.2) is 0 Å². The minimum absolute atomic E-state index is 0.0965. The molecular weight excluding hydrogens is 157 g/mol. The maximum atomic E-state index is 10.1. The number of phosphoric ester groups is 1. The van der Waals surface area contributed by atoms with E-state index in [0.29, 0.717) is 6.42 Å². The van der Waals surface area contributed by atoms with Crippen LogP contribution in [0.25, 0.3) is 0 Å². The Balaban J connectivity index is 3.46. The van der Waals surface area contributed by atoms with E-state index in [2.05, 4.69) is 4.52 Å². The van der Waals surface area contributed by atoms with Crippen LogP contribution in [0.5, 0.6) is 0 Å². The average Bonchev–Trinajstić information content (AvgIpc) is 1.81. The van der Waals surface area contributed by atoms with E-state index in [0.717, 1.165) is 0 Å². The van der Waals surface area contributed by atoms with Crippen molar-refractivity contribution >= 4 is 7.82 Å². The second-order valence-electron chi connectivity index (χ2n) is 1.95. The maximum absolute atomic E-state index is 10.1. The number of rotatable bonds is 4. The maximum Gasteiger partial charge on any atom is 0.469 e. The molecule has 0 saturated heterocycles. The van der Waals surface area contributed by atoms with Crippen LogP contribution in [0, 0.1) is 0 Å². The SMILES string of the molecule is CCC(N)COP(=O)(O)O. The summed E-state index contributed by atoms with van der Waals surface area (Å²) >= 11 is 0. The highest BCUT2D eigenvalue weighted by Gasteiger charge is 2.14.